The van der Waals surface area contributed by atoms with Crippen molar-refractivity contribution in [1.82, 2.24) is 0 Å². The Bertz CT molecular complexity index is 253. The maximum absolute atomic E-state index is 12.0. The highest BCUT2D eigenvalue weighted by atomic mass is 16.5. The molecular formula is C16H26O2. The second-order valence-corrected chi connectivity index (χ2v) is 5.98. The van der Waals surface area contributed by atoms with Gasteiger partial charge >= 0.3 is 5.97 Å². The molecule has 0 aromatic rings. The number of hydrogen-bond acceptors (Lipinski definition) is 2. The monoisotopic (exact) mass is 250 g/mol. The molecule has 2 heteroatoms. The van der Waals surface area contributed by atoms with E-state index in [2.05, 4.69) is 6.58 Å². The van der Waals surface area contributed by atoms with Crippen LogP contribution < -0.4 is 0 Å². The standard InChI is InChI=1S/C16H26O2/c1-13(12-14-8-4-2-5-9-14)16(17)18-15-10-6-3-7-11-15/h14-15H,1-12H2. The summed E-state index contributed by atoms with van der Waals surface area (Å²) < 4.78 is 5.56. The van der Waals surface area contributed by atoms with Crippen molar-refractivity contribution in [3.8, 4) is 0 Å². The lowest BCUT2D eigenvalue weighted by Gasteiger charge is -2.24. The third-order valence-corrected chi connectivity index (χ3v) is 4.37. The number of ether oxygens (including phenoxy) is 1. The molecule has 18 heavy (non-hydrogen) atoms. The van der Waals surface area contributed by atoms with Gasteiger partial charge in [-0.25, -0.2) is 4.79 Å². The van der Waals surface area contributed by atoms with E-state index < -0.39 is 0 Å². The van der Waals surface area contributed by atoms with E-state index in [1.165, 1.54) is 51.4 Å². The van der Waals surface area contributed by atoms with Crippen LogP contribution in [0.1, 0.15) is 70.6 Å². The maximum atomic E-state index is 12.0. The zero-order chi connectivity index (χ0) is 12.8. The molecule has 0 bridgehead atoms. The molecule has 2 nitrogen and oxygen atoms in total. The summed E-state index contributed by atoms with van der Waals surface area (Å²) in [6, 6.07) is 0. The maximum Gasteiger partial charge on any atom is 0.333 e. The molecule has 0 heterocycles. The van der Waals surface area contributed by atoms with Gasteiger partial charge in [-0.1, -0.05) is 45.1 Å². The zero-order valence-corrected chi connectivity index (χ0v) is 11.5. The lowest BCUT2D eigenvalue weighted by Crippen LogP contribution is -2.22. The van der Waals surface area contributed by atoms with Crippen molar-refractivity contribution in [3.63, 3.8) is 0 Å². The largest absolute Gasteiger partial charge is 0.459 e. The molecule has 2 aliphatic carbocycles. The molecule has 102 valence electrons. The van der Waals surface area contributed by atoms with Gasteiger partial charge in [-0.3, -0.25) is 0 Å². The average molecular weight is 250 g/mol. The first-order chi connectivity index (χ1) is 8.75. The molecule has 0 atom stereocenters. The minimum atomic E-state index is -0.132. The summed E-state index contributed by atoms with van der Waals surface area (Å²) in [6.45, 7) is 3.94. The van der Waals surface area contributed by atoms with E-state index in [1.54, 1.807) is 0 Å². The number of carbonyl (C=O) groups is 1. The molecule has 0 radical (unpaired) electrons. The summed E-state index contributed by atoms with van der Waals surface area (Å²) in [6.07, 6.45) is 13.3. The number of rotatable bonds is 4. The second-order valence-electron chi connectivity index (χ2n) is 5.98. The van der Waals surface area contributed by atoms with Gasteiger partial charge in [-0.15, -0.1) is 0 Å². The molecule has 2 aliphatic rings. The van der Waals surface area contributed by atoms with Gasteiger partial charge in [0.2, 0.25) is 0 Å². The number of hydrogen-bond donors (Lipinski definition) is 0. The van der Waals surface area contributed by atoms with Crippen molar-refractivity contribution in [2.75, 3.05) is 0 Å². The van der Waals surface area contributed by atoms with Gasteiger partial charge in [-0.2, -0.15) is 0 Å². The Morgan fingerprint density at radius 1 is 0.944 bits per heavy atom. The summed E-state index contributed by atoms with van der Waals surface area (Å²) in [7, 11) is 0. The highest BCUT2D eigenvalue weighted by Gasteiger charge is 2.22. The van der Waals surface area contributed by atoms with Gasteiger partial charge in [0, 0.05) is 5.57 Å². The van der Waals surface area contributed by atoms with E-state index >= 15 is 0 Å². The van der Waals surface area contributed by atoms with Gasteiger partial charge in [0.05, 0.1) is 0 Å². The van der Waals surface area contributed by atoms with E-state index in [0.29, 0.717) is 11.5 Å². The van der Waals surface area contributed by atoms with Crippen molar-refractivity contribution in [1.29, 1.82) is 0 Å². The van der Waals surface area contributed by atoms with E-state index in [-0.39, 0.29) is 12.1 Å². The lowest BCUT2D eigenvalue weighted by molar-refractivity contribution is -0.146. The van der Waals surface area contributed by atoms with Crippen LogP contribution in [0.3, 0.4) is 0 Å². The summed E-state index contributed by atoms with van der Waals surface area (Å²) in [5.41, 5.74) is 0.701. The van der Waals surface area contributed by atoms with Crippen LogP contribution in [0.15, 0.2) is 12.2 Å². The first-order valence-electron chi connectivity index (χ1n) is 7.64. The van der Waals surface area contributed by atoms with E-state index in [4.69, 9.17) is 4.74 Å². The van der Waals surface area contributed by atoms with E-state index in [9.17, 15) is 4.79 Å². The first-order valence-corrected chi connectivity index (χ1v) is 7.64. The normalized spacial score (nSPS) is 22.7. The van der Waals surface area contributed by atoms with Gasteiger partial charge in [-0.05, 0) is 38.0 Å². The van der Waals surface area contributed by atoms with Gasteiger partial charge in [0.15, 0.2) is 0 Å². The molecule has 0 aromatic carbocycles. The molecule has 0 N–H and O–H groups in total. The van der Waals surface area contributed by atoms with Crippen molar-refractivity contribution >= 4 is 5.97 Å². The Balaban J connectivity index is 1.71. The molecule has 0 aromatic heterocycles. The van der Waals surface area contributed by atoms with Crippen LogP contribution in [0, 0.1) is 5.92 Å². The van der Waals surface area contributed by atoms with Crippen LogP contribution >= 0.6 is 0 Å². The zero-order valence-electron chi connectivity index (χ0n) is 11.5. The van der Waals surface area contributed by atoms with Crippen molar-refractivity contribution in [3.05, 3.63) is 12.2 Å². The van der Waals surface area contributed by atoms with Crippen molar-refractivity contribution < 1.29 is 9.53 Å². The van der Waals surface area contributed by atoms with E-state index in [1.807, 2.05) is 0 Å². The Morgan fingerprint density at radius 3 is 2.11 bits per heavy atom. The van der Waals surface area contributed by atoms with Crippen LogP contribution in [0.4, 0.5) is 0 Å². The molecule has 0 amide bonds. The number of carbonyl (C=O) groups excluding carboxylic acids is 1. The molecular weight excluding hydrogens is 224 g/mol. The Kier molecular flexibility index (Phi) is 5.27. The molecule has 2 saturated carbocycles. The average Bonchev–Trinajstić information content (AvgIpc) is 2.41. The fourth-order valence-corrected chi connectivity index (χ4v) is 3.24. The summed E-state index contributed by atoms with van der Waals surface area (Å²) in [5.74, 6) is 0.539. The SMILES string of the molecule is C=C(CC1CCCCC1)C(=O)OC1CCCCC1. The van der Waals surface area contributed by atoms with Crippen LogP contribution in [0.5, 0.6) is 0 Å². The highest BCUT2D eigenvalue weighted by molar-refractivity contribution is 5.87. The Hall–Kier alpha value is -0.790. The smallest absolute Gasteiger partial charge is 0.333 e. The topological polar surface area (TPSA) is 26.3 Å². The van der Waals surface area contributed by atoms with E-state index in [0.717, 1.165) is 19.3 Å². The Morgan fingerprint density at radius 2 is 1.50 bits per heavy atom. The van der Waals surface area contributed by atoms with Crippen LogP contribution in [0.25, 0.3) is 0 Å². The lowest BCUT2D eigenvalue weighted by atomic mass is 9.85. The Labute approximate surface area is 111 Å². The van der Waals surface area contributed by atoms with Crippen LogP contribution in [-0.4, -0.2) is 12.1 Å². The van der Waals surface area contributed by atoms with Crippen LogP contribution in [0.2, 0.25) is 0 Å². The summed E-state index contributed by atoms with van der Waals surface area (Å²) in [5, 5.41) is 0. The van der Waals surface area contributed by atoms with Gasteiger partial charge in [0.1, 0.15) is 6.10 Å². The molecule has 2 fully saturated rings. The first kappa shape index (κ1) is 13.6. The third-order valence-electron chi connectivity index (χ3n) is 4.37. The minimum absolute atomic E-state index is 0.132. The fraction of sp³-hybridized carbons (Fsp3) is 0.812. The molecule has 0 aliphatic heterocycles. The second kappa shape index (κ2) is 6.96. The predicted octanol–water partition coefficient (Wildman–Crippen LogP) is 4.39. The molecule has 2 rings (SSSR count). The summed E-state index contributed by atoms with van der Waals surface area (Å²) >= 11 is 0. The predicted molar refractivity (Wildman–Crippen MR) is 73.3 cm³/mol. The third kappa shape index (κ3) is 4.15. The molecule has 0 spiro atoms. The quantitative estimate of drug-likeness (QED) is 0.546. The van der Waals surface area contributed by atoms with Gasteiger partial charge < -0.3 is 4.74 Å². The minimum Gasteiger partial charge on any atom is -0.459 e. The van der Waals surface area contributed by atoms with Gasteiger partial charge in [0.25, 0.3) is 0 Å². The molecule has 0 unspecified atom stereocenters. The van der Waals surface area contributed by atoms with Crippen molar-refractivity contribution in [2.45, 2.75) is 76.7 Å². The van der Waals surface area contributed by atoms with Crippen LogP contribution in [-0.2, 0) is 9.53 Å². The molecule has 0 saturated heterocycles. The van der Waals surface area contributed by atoms with Crippen molar-refractivity contribution in [2.24, 2.45) is 5.92 Å². The number of esters is 1. The highest BCUT2D eigenvalue weighted by Crippen LogP contribution is 2.29. The fourth-order valence-electron chi connectivity index (χ4n) is 3.24. The summed E-state index contributed by atoms with van der Waals surface area (Å²) in [4.78, 5) is 12.0.